The number of nitrogens with zero attached hydrogens (tertiary/aromatic N) is 1. The Morgan fingerprint density at radius 2 is 1.48 bits per heavy atom. The fourth-order valence-electron chi connectivity index (χ4n) is 14.9. The Morgan fingerprint density at radius 1 is 0.845 bits per heavy atom. The number of ether oxygens (including phenoxy) is 5. The molecule has 0 aromatic carbocycles. The van der Waals surface area contributed by atoms with E-state index in [1.807, 2.05) is 69.2 Å². The molecule has 0 aromatic rings. The number of aliphatic hydroxyl groups is 7. The number of aliphatic hydroxyl groups excluding tert-OH is 5. The molecular weight excluding hydrogens is 1110 g/mol. The van der Waals surface area contributed by atoms with Crippen LogP contribution in [-0.4, -0.2) is 182 Å². The maximum atomic E-state index is 16.1. The van der Waals surface area contributed by atoms with Gasteiger partial charge in [0.05, 0.1) is 66.6 Å². The van der Waals surface area contributed by atoms with Crippen LogP contribution in [0, 0.1) is 45.8 Å². The number of cyclic esters (lactones) is 1. The number of ketones is 1. The van der Waals surface area contributed by atoms with E-state index in [1.165, 1.54) is 25.0 Å². The molecule has 3 aliphatic heterocycles. The van der Waals surface area contributed by atoms with Crippen molar-refractivity contribution in [2.45, 2.75) is 285 Å². The zero-order valence-corrected chi connectivity index (χ0v) is 55.1. The molecule has 18 nitrogen and oxygen atoms in total. The van der Waals surface area contributed by atoms with E-state index in [0.717, 1.165) is 7.11 Å². The number of rotatable bonds is 11. The topological polar surface area (TPSA) is 263 Å². The Balaban J connectivity index is 0.00000174. The molecule has 8 N–H and O–H groups in total. The van der Waals surface area contributed by atoms with Crippen LogP contribution in [0.1, 0.15) is 195 Å². The number of hydrogen-bond donors (Lipinski definition) is 8. The molecule has 1 amide bonds. The lowest BCUT2D eigenvalue weighted by Gasteiger charge is -2.65. The number of carbonyl (C=O) groups excluding carboxylic acids is 3. The number of allylic oxidation sites excluding steroid dienone is 4. The molecule has 0 bridgehead atoms. The second-order valence-electron chi connectivity index (χ2n) is 25.9. The normalized spacial score (nSPS) is 44.5. The highest BCUT2D eigenvalue weighted by molar-refractivity contribution is 6.07. The van der Waals surface area contributed by atoms with Gasteiger partial charge in [0.15, 0.2) is 18.4 Å². The highest BCUT2D eigenvalue weighted by Crippen LogP contribution is 2.72. The Morgan fingerprint density at radius 3 is 2.08 bits per heavy atom. The Hall–Kier alpha value is -2.21. The third kappa shape index (κ3) is 16.2. The number of halogens is 2. The number of fused-ring (bicyclic) bond motifs is 5. The van der Waals surface area contributed by atoms with Crippen LogP contribution in [0.3, 0.4) is 0 Å². The molecule has 3 saturated carbocycles. The van der Waals surface area contributed by atoms with E-state index in [0.29, 0.717) is 44.3 Å². The zero-order valence-electron chi connectivity index (χ0n) is 54.4. The number of carbonyl (C=O) groups is 3. The minimum Gasteiger partial charge on any atom is -0.465 e. The maximum absolute atomic E-state index is 16.1. The average molecular weight is 1220 g/mol. The van der Waals surface area contributed by atoms with Crippen molar-refractivity contribution >= 4 is 29.5 Å². The van der Waals surface area contributed by atoms with Crippen LogP contribution in [0.5, 0.6) is 0 Å². The van der Waals surface area contributed by atoms with Crippen molar-refractivity contribution < 1.29 is 82.5 Å². The summed E-state index contributed by atoms with van der Waals surface area (Å²) in [5.41, 5.74) is -7.23. The molecule has 4 aliphatic carbocycles. The summed E-state index contributed by atoms with van der Waals surface area (Å²) in [5, 5.41) is 81.0. The van der Waals surface area contributed by atoms with Crippen molar-refractivity contribution in [3.63, 3.8) is 0 Å². The van der Waals surface area contributed by atoms with Gasteiger partial charge in [0.25, 0.3) is 5.91 Å². The highest BCUT2D eigenvalue weighted by Gasteiger charge is 2.73. The van der Waals surface area contributed by atoms with Crippen molar-refractivity contribution in [2.24, 2.45) is 45.8 Å². The summed E-state index contributed by atoms with van der Waals surface area (Å²) in [4.78, 5) is 42.8. The van der Waals surface area contributed by atoms with Gasteiger partial charge >= 0.3 is 5.97 Å². The largest absolute Gasteiger partial charge is 0.465 e. The van der Waals surface area contributed by atoms with Gasteiger partial charge in [0.2, 0.25) is 0 Å². The summed E-state index contributed by atoms with van der Waals surface area (Å²) in [5.74, 6) is -4.15. The Labute approximate surface area is 508 Å². The average Bonchev–Trinajstić information content (AvgIpc) is 1.49. The van der Waals surface area contributed by atoms with Gasteiger partial charge in [-0.15, -0.1) is 0 Å². The van der Waals surface area contributed by atoms with Crippen LogP contribution >= 0.6 is 11.9 Å². The zero-order chi connectivity index (χ0) is 64.1. The summed E-state index contributed by atoms with van der Waals surface area (Å²) in [7, 11) is 1.00. The molecule has 7 aliphatic rings. The lowest BCUT2D eigenvalue weighted by molar-refractivity contribution is -0.310. The highest BCUT2D eigenvalue weighted by atomic mass is 35.5. The number of alkyl halides is 1. The first-order chi connectivity index (χ1) is 39.4. The first-order valence-corrected chi connectivity index (χ1v) is 32.0. The molecule has 23 atom stereocenters. The fraction of sp³-hybridized carbons (Fsp3) is 0.891. The molecule has 3 heterocycles. The minimum absolute atomic E-state index is 0.00759. The predicted molar refractivity (Wildman–Crippen MR) is 322 cm³/mol. The molecule has 490 valence electrons. The minimum atomic E-state index is -1.84. The second-order valence-corrected chi connectivity index (χ2v) is 26.0. The smallest absolute Gasteiger partial charge is 0.311 e. The summed E-state index contributed by atoms with van der Waals surface area (Å²) >= 11 is 5.91. The molecule has 0 spiro atoms. The van der Waals surface area contributed by atoms with Crippen LogP contribution in [0.2, 0.25) is 0 Å². The van der Waals surface area contributed by atoms with Crippen LogP contribution in [0.15, 0.2) is 23.8 Å². The second kappa shape index (κ2) is 32.5. The molecule has 0 radical (unpaired) electrons. The van der Waals surface area contributed by atoms with Crippen LogP contribution in [0.25, 0.3) is 0 Å². The van der Waals surface area contributed by atoms with E-state index >= 15 is 4.39 Å². The molecule has 20 heteroatoms. The van der Waals surface area contributed by atoms with Crippen molar-refractivity contribution in [2.75, 3.05) is 33.4 Å². The summed E-state index contributed by atoms with van der Waals surface area (Å²) in [6.45, 7) is 32.9. The van der Waals surface area contributed by atoms with E-state index < -0.39 is 124 Å². The lowest BCUT2D eigenvalue weighted by atomic mass is 9.39. The van der Waals surface area contributed by atoms with Gasteiger partial charge in [0, 0.05) is 67.8 Å². The van der Waals surface area contributed by atoms with Gasteiger partial charge in [-0.25, -0.2) is 4.39 Å². The van der Waals surface area contributed by atoms with Gasteiger partial charge in [0.1, 0.15) is 29.6 Å². The summed E-state index contributed by atoms with van der Waals surface area (Å²) in [6, 6.07) is -0.478. The van der Waals surface area contributed by atoms with E-state index in [2.05, 4.69) is 24.1 Å². The third-order valence-corrected chi connectivity index (χ3v) is 20.6. The first kappa shape index (κ1) is 76.0. The van der Waals surface area contributed by atoms with Crippen LogP contribution in [0.4, 0.5) is 4.39 Å². The quantitative estimate of drug-likeness (QED) is 0.0713. The van der Waals surface area contributed by atoms with E-state index in [1.54, 1.807) is 40.7 Å². The lowest BCUT2D eigenvalue weighted by Crippen LogP contribution is -2.68. The van der Waals surface area contributed by atoms with E-state index in [9.17, 15) is 45.0 Å². The maximum Gasteiger partial charge on any atom is 0.311 e. The van der Waals surface area contributed by atoms with Crippen LogP contribution in [-0.2, 0) is 42.4 Å². The van der Waals surface area contributed by atoms with Crippen LogP contribution < -0.4 is 5.32 Å². The predicted octanol–water partition coefficient (Wildman–Crippen LogP) is 8.44. The Bertz CT molecular complexity index is 2120. The van der Waals surface area contributed by atoms with E-state index in [4.69, 9.17) is 44.9 Å². The summed E-state index contributed by atoms with van der Waals surface area (Å²) < 4.78 is 52.7. The number of hydrogen-bond acceptors (Lipinski definition) is 17. The molecular formula is C64H114ClFN2O16. The third-order valence-electron chi connectivity index (χ3n) is 20.2. The first-order valence-electron chi connectivity index (χ1n) is 31.7. The van der Waals surface area contributed by atoms with Crippen molar-refractivity contribution in [3.8, 4) is 0 Å². The molecule has 3 unspecified atom stereocenters. The fourth-order valence-corrected chi connectivity index (χ4v) is 15.1. The van der Waals surface area contributed by atoms with Gasteiger partial charge in [-0.05, 0) is 128 Å². The van der Waals surface area contributed by atoms with Crippen molar-refractivity contribution in [1.82, 2.24) is 10.2 Å². The molecule has 6 fully saturated rings. The number of unbranched alkanes of at least 4 members (excludes halogenated alkanes) is 1. The van der Waals surface area contributed by atoms with E-state index in [-0.39, 0.29) is 81.3 Å². The van der Waals surface area contributed by atoms with Gasteiger partial charge in [-0.2, -0.15) is 0 Å². The molecule has 3 saturated heterocycles. The number of esters is 1. The monoisotopic (exact) mass is 1220 g/mol. The number of nitrogens with one attached hydrogen (secondary N) is 1. The Kier molecular flexibility index (Phi) is 29.4. The van der Waals surface area contributed by atoms with Gasteiger partial charge in [-0.1, -0.05) is 95.1 Å². The summed E-state index contributed by atoms with van der Waals surface area (Å²) in [6.07, 6.45) is -1.13. The van der Waals surface area contributed by atoms with Gasteiger partial charge in [-0.3, -0.25) is 23.6 Å². The SMILES string of the molecule is CC.CC.CCCC.CO.C[C@H]1CN(CCCNC(=O)[C@@]2(O)CCC3C4C[C@H](F)C5=CC(=O)C=C[C@]5(C)[C@@]4(C)C(O)C[C@@]32C)[C@H](C)[C@@H](O)CCOC(=O)[C@H](C)[C@@H](O[C@H]2C[C@@](C)(OCl)[C@@H](O)[C@H](C)O2)[C@H](C)[C@@H](O[C@@H]2O[C@H](C)CC[C@H]2O)[C@](C)(O)C1. The standard InChI is InChI=1S/C55H88ClFN2O15.C4H10.2C2H6.CH4O/c1-29-25-52(9,67)46(73-48-41(62)14-13-30(2)70-48)31(3)44(72-43-27-53(10,74-56)45(64)34(6)71-43)32(4)47(65)69-22-17-40(61)33(5)59(28-29)21-12-20-58-49(66)55(68)19-16-36-37-24-39(57)38-23-35(60)15-18-50(38,7)54(37,11)42(63)26-51(36,55)8;1-3-4-2;3*1-2/h15,18,23,29-34,36-37,39-46,48,61-64,67-68H,12-14,16-17,19-22,24-28H2,1-11H3,(H,58,66);3-4H2,1-2H3;2*1-2H3;2H,1H3/t29-,30-,31+,32-,33-,34+,36?,37?,39+,40+,41-,42?,43+,44+,45+,46-,48+,50+,51+,52-,53-,54-,55+;;;;/m1..../s1. The number of amides is 1. The molecule has 7 rings (SSSR count). The van der Waals surface area contributed by atoms with Crippen molar-refractivity contribution in [1.29, 1.82) is 0 Å². The molecule has 0 aromatic heterocycles. The molecule has 84 heavy (non-hydrogen) atoms. The van der Waals surface area contributed by atoms with Crippen molar-refractivity contribution in [3.05, 3.63) is 23.8 Å². The van der Waals surface area contributed by atoms with Gasteiger partial charge < -0.3 is 64.7 Å².